The Hall–Kier alpha value is -2.02. The van der Waals surface area contributed by atoms with Gasteiger partial charge in [-0.1, -0.05) is 0 Å². The summed E-state index contributed by atoms with van der Waals surface area (Å²) in [6, 6.07) is -3.16. The highest BCUT2D eigenvalue weighted by Crippen LogP contribution is 2.36. The third kappa shape index (κ3) is 10.8. The minimum Gasteiger partial charge on any atom is -0.394 e. The maximum atomic E-state index is 12.4. The number of carbonyl (C=O) groups excluding carboxylic acids is 2. The molecule has 360 valence electrons. The number of hydrogen-bond donors (Lipinski definition) is 17. The Morgan fingerprint density at radius 1 is 0.387 bits per heavy atom. The van der Waals surface area contributed by atoms with Crippen LogP contribution in [0.4, 0.5) is 0 Å². The fourth-order valence-electron chi connectivity index (χ4n) is 7.82. The molecule has 0 aromatic heterocycles. The van der Waals surface area contributed by atoms with Crippen molar-refractivity contribution < 1.29 is 129 Å². The predicted octanol–water partition coefficient (Wildman–Crippen LogP) is -11.6. The summed E-state index contributed by atoms with van der Waals surface area (Å²) < 4.78 is 51.0. The number of nitrogens with one attached hydrogen (secondary N) is 2. The lowest BCUT2D eigenvalue weighted by molar-refractivity contribution is -0.395. The zero-order valence-corrected chi connectivity index (χ0v) is 33.2. The standard InChI is InChI=1S/C34H58N2O26/c1-8(42)35-15-20(47)26(13(6-40)54-30(15)53)59-31-16(36-9(2)43)21(48)27(14(7-41)58-31)60-33-25(52)28(19(46)12(5-39)56-33)61-34-29(23(50)18(45)11(4-38)57-34)62-32-24(51)22(49)17(44)10(3-37)55-32/h10-34,37-41,44-53H,3-7H2,1-2H3,(H,35,42)(H,36,43)/t10-,11-,12-,13-,14-,15-,16-,17-,18-,19-,20-,21-,22+,23+,24-,25+,26-,27-,28+,29+,30-,31+,32+,33+,34+/m1/s1. The van der Waals surface area contributed by atoms with Crippen molar-refractivity contribution in [2.45, 2.75) is 167 Å². The minimum atomic E-state index is -2.18. The van der Waals surface area contributed by atoms with E-state index >= 15 is 0 Å². The summed E-state index contributed by atoms with van der Waals surface area (Å²) in [6.07, 6.45) is -42.7. The van der Waals surface area contributed by atoms with Crippen LogP contribution in [-0.2, 0) is 52.2 Å². The van der Waals surface area contributed by atoms with Crippen LogP contribution in [0.3, 0.4) is 0 Å². The second-order valence-corrected chi connectivity index (χ2v) is 15.4. The Kier molecular flexibility index (Phi) is 18.1. The largest absolute Gasteiger partial charge is 0.394 e. The fourth-order valence-corrected chi connectivity index (χ4v) is 7.82. The van der Waals surface area contributed by atoms with Crippen molar-refractivity contribution in [3.63, 3.8) is 0 Å². The number of ether oxygens (including phenoxy) is 9. The van der Waals surface area contributed by atoms with Gasteiger partial charge >= 0.3 is 0 Å². The van der Waals surface area contributed by atoms with E-state index in [9.17, 15) is 86.2 Å². The van der Waals surface area contributed by atoms with Gasteiger partial charge < -0.3 is 130 Å². The Balaban J connectivity index is 1.38. The van der Waals surface area contributed by atoms with Crippen molar-refractivity contribution in [2.24, 2.45) is 0 Å². The first-order valence-electron chi connectivity index (χ1n) is 19.6. The molecular weight excluding hydrogens is 852 g/mol. The van der Waals surface area contributed by atoms with E-state index in [1.165, 1.54) is 0 Å². The smallest absolute Gasteiger partial charge is 0.217 e. The molecule has 0 aromatic rings. The van der Waals surface area contributed by atoms with E-state index in [2.05, 4.69) is 10.6 Å². The van der Waals surface area contributed by atoms with E-state index in [1.54, 1.807) is 0 Å². The SMILES string of the molecule is CC(=O)N[C@@H]1[C@@H](O)[C@H](O[C@@H]2O[C@H](CO)[C@@H](O[C@@H]3O[C@H](CO)[C@@H](O)[C@H](O[C@@H]4O[C@H](CO)[C@@H](O)[C@H](O)[C@@H]4O[C@@H]4O[C@H](CO)[C@@H](O)[C@H](O)[C@H]4O)[C@@H]3O)[C@H](O)[C@H]2NC(C)=O)[C@@H](CO)O[C@H]1O. The number of amides is 2. The van der Waals surface area contributed by atoms with Gasteiger partial charge in [-0.2, -0.15) is 0 Å². The van der Waals surface area contributed by atoms with Gasteiger partial charge in [0.15, 0.2) is 31.5 Å². The lowest BCUT2D eigenvalue weighted by Crippen LogP contribution is -2.70. The zero-order chi connectivity index (χ0) is 45.9. The molecule has 0 spiro atoms. The van der Waals surface area contributed by atoms with Crippen LogP contribution in [0.5, 0.6) is 0 Å². The molecule has 0 unspecified atom stereocenters. The fraction of sp³-hybridized carbons (Fsp3) is 0.941. The summed E-state index contributed by atoms with van der Waals surface area (Å²) in [5.41, 5.74) is 0. The van der Waals surface area contributed by atoms with Gasteiger partial charge in [0, 0.05) is 13.8 Å². The first kappa shape index (κ1) is 51.0. The third-order valence-corrected chi connectivity index (χ3v) is 11.1. The molecule has 5 saturated heterocycles. The van der Waals surface area contributed by atoms with Crippen LogP contribution in [0.15, 0.2) is 0 Å². The van der Waals surface area contributed by atoms with Crippen LogP contribution in [0, 0.1) is 0 Å². The van der Waals surface area contributed by atoms with Gasteiger partial charge in [-0.3, -0.25) is 9.59 Å². The maximum Gasteiger partial charge on any atom is 0.217 e. The van der Waals surface area contributed by atoms with Gasteiger partial charge in [-0.15, -0.1) is 0 Å². The third-order valence-electron chi connectivity index (χ3n) is 11.1. The second-order valence-electron chi connectivity index (χ2n) is 15.4. The summed E-state index contributed by atoms with van der Waals surface area (Å²) in [7, 11) is 0. The van der Waals surface area contributed by atoms with Crippen LogP contribution in [0.2, 0.25) is 0 Å². The van der Waals surface area contributed by atoms with E-state index < -0.39 is 198 Å². The summed E-state index contributed by atoms with van der Waals surface area (Å²) in [5.74, 6) is -1.47. The highest BCUT2D eigenvalue weighted by Gasteiger charge is 2.57. The molecule has 0 bridgehead atoms. The lowest BCUT2D eigenvalue weighted by Gasteiger charge is -2.50. The molecule has 28 heteroatoms. The number of aliphatic hydroxyl groups excluding tert-OH is 15. The van der Waals surface area contributed by atoms with E-state index in [4.69, 9.17) is 42.6 Å². The second kappa shape index (κ2) is 22.0. The summed E-state index contributed by atoms with van der Waals surface area (Å²) in [6.45, 7) is -2.53. The lowest BCUT2D eigenvalue weighted by atomic mass is 9.94. The van der Waals surface area contributed by atoms with Crippen molar-refractivity contribution >= 4 is 11.8 Å². The van der Waals surface area contributed by atoms with Gasteiger partial charge in [-0.05, 0) is 0 Å². The summed E-state index contributed by atoms with van der Waals surface area (Å²) >= 11 is 0. The molecule has 25 atom stereocenters. The van der Waals surface area contributed by atoms with Gasteiger partial charge in [0.25, 0.3) is 0 Å². The molecule has 5 fully saturated rings. The van der Waals surface area contributed by atoms with Crippen molar-refractivity contribution in [2.75, 3.05) is 33.0 Å². The van der Waals surface area contributed by atoms with Crippen LogP contribution in [-0.4, -0.2) is 275 Å². The average molecular weight is 911 g/mol. The van der Waals surface area contributed by atoms with Crippen LogP contribution < -0.4 is 10.6 Å². The van der Waals surface area contributed by atoms with Crippen molar-refractivity contribution in [3.05, 3.63) is 0 Å². The highest BCUT2D eigenvalue weighted by atomic mass is 16.8. The molecule has 0 saturated carbocycles. The van der Waals surface area contributed by atoms with Crippen LogP contribution >= 0.6 is 0 Å². The molecule has 0 aliphatic carbocycles. The minimum absolute atomic E-state index is 0.687. The Labute approximate surface area is 351 Å². The van der Waals surface area contributed by atoms with Gasteiger partial charge in [0.05, 0.1) is 33.0 Å². The van der Waals surface area contributed by atoms with Crippen LogP contribution in [0.25, 0.3) is 0 Å². The molecule has 5 aliphatic heterocycles. The van der Waals surface area contributed by atoms with Crippen molar-refractivity contribution in [1.82, 2.24) is 10.6 Å². The number of hydrogen-bond acceptors (Lipinski definition) is 26. The monoisotopic (exact) mass is 910 g/mol. The van der Waals surface area contributed by atoms with E-state index in [1.807, 2.05) is 0 Å². The molecule has 0 aromatic carbocycles. The Bertz CT molecular complexity index is 1440. The van der Waals surface area contributed by atoms with E-state index in [0.29, 0.717) is 0 Å². The molecule has 2 amide bonds. The summed E-state index contributed by atoms with van der Waals surface area (Å²) in [4.78, 5) is 24.2. The molecule has 28 nitrogen and oxygen atoms in total. The molecule has 0 radical (unpaired) electrons. The highest BCUT2D eigenvalue weighted by molar-refractivity contribution is 5.73. The van der Waals surface area contributed by atoms with E-state index in [0.717, 1.165) is 13.8 Å². The van der Waals surface area contributed by atoms with Gasteiger partial charge in [0.2, 0.25) is 11.8 Å². The molecule has 5 rings (SSSR count). The van der Waals surface area contributed by atoms with E-state index in [-0.39, 0.29) is 0 Å². The van der Waals surface area contributed by atoms with Crippen molar-refractivity contribution in [3.8, 4) is 0 Å². The normalized spacial score (nSPS) is 49.0. The first-order valence-corrected chi connectivity index (χ1v) is 19.6. The number of carbonyl (C=O) groups is 2. The maximum absolute atomic E-state index is 12.4. The van der Waals surface area contributed by atoms with Crippen molar-refractivity contribution in [1.29, 1.82) is 0 Å². The molecular formula is C34H58N2O26. The zero-order valence-electron chi connectivity index (χ0n) is 33.2. The van der Waals surface area contributed by atoms with Crippen LogP contribution in [0.1, 0.15) is 13.8 Å². The first-order chi connectivity index (χ1) is 29.3. The topological polar surface area (TPSA) is 445 Å². The van der Waals surface area contributed by atoms with Gasteiger partial charge in [-0.25, -0.2) is 0 Å². The Morgan fingerprint density at radius 3 is 1.31 bits per heavy atom. The van der Waals surface area contributed by atoms with Gasteiger partial charge in [0.1, 0.15) is 122 Å². The number of aliphatic hydroxyl groups is 15. The Morgan fingerprint density at radius 2 is 0.774 bits per heavy atom. The molecule has 5 heterocycles. The molecule has 5 aliphatic rings. The molecule has 62 heavy (non-hydrogen) atoms. The summed E-state index contributed by atoms with van der Waals surface area (Å²) in [5, 5.41) is 163. The number of rotatable bonds is 15. The predicted molar refractivity (Wildman–Crippen MR) is 190 cm³/mol. The molecule has 17 N–H and O–H groups in total. The quantitative estimate of drug-likeness (QED) is 0.0725. The average Bonchev–Trinajstić information content (AvgIpc) is 3.23.